The van der Waals surface area contributed by atoms with Crippen LogP contribution in [0.2, 0.25) is 0 Å². The van der Waals surface area contributed by atoms with E-state index in [0.29, 0.717) is 21.7 Å². The lowest BCUT2D eigenvalue weighted by Crippen LogP contribution is -2.48. The molecule has 0 N–H and O–H groups in total. The molecule has 24 heavy (non-hydrogen) atoms. The first-order chi connectivity index (χ1) is 10.5. The van der Waals surface area contributed by atoms with Gasteiger partial charge in [0.2, 0.25) is 0 Å². The molecule has 4 heterocycles. The Labute approximate surface area is 155 Å². The lowest BCUT2D eigenvalue weighted by atomic mass is 9.80. The number of fused-ring (bicyclic) bond motifs is 3. The van der Waals surface area contributed by atoms with Gasteiger partial charge in [0, 0.05) is 9.79 Å². The van der Waals surface area contributed by atoms with Gasteiger partial charge in [0.1, 0.15) is 0 Å². The molecule has 0 aromatic heterocycles. The Hall–Kier alpha value is 1.46. The second-order valence-corrected chi connectivity index (χ2v) is 24.1. The van der Waals surface area contributed by atoms with Crippen molar-refractivity contribution in [2.75, 3.05) is 0 Å². The molecule has 6 atom stereocenters. The van der Waals surface area contributed by atoms with E-state index in [1.165, 1.54) is 0 Å². The van der Waals surface area contributed by atoms with Crippen molar-refractivity contribution in [1.29, 1.82) is 0 Å². The summed E-state index contributed by atoms with van der Waals surface area (Å²) in [4.78, 5) is 1.47. The predicted molar refractivity (Wildman–Crippen MR) is 119 cm³/mol. The maximum Gasteiger partial charge on any atom is 0.0504 e. The molecule has 0 aromatic carbocycles. The average Bonchev–Trinajstić information content (AvgIpc) is 2.56. The molecule has 0 amide bonds. The van der Waals surface area contributed by atoms with Crippen LogP contribution in [0.1, 0.15) is 83.1 Å². The second-order valence-electron chi connectivity index (χ2n) is 12.4. The van der Waals surface area contributed by atoms with Gasteiger partial charge in [-0.15, -0.1) is 0 Å². The highest BCUT2D eigenvalue weighted by Crippen LogP contribution is 3.38. The van der Waals surface area contributed by atoms with Crippen LogP contribution in [0.3, 0.4) is 0 Å². The molecule has 4 aliphatic rings. The first kappa shape index (κ1) is 18.8. The SMILES string of the molecule is CC(C)(C)C1=P[P@]2[C@]3(C(C)(C)C)P4C(C(C)(C)C)([P@@]13)[C@]42C(C)(C)C. The van der Waals surface area contributed by atoms with Gasteiger partial charge in [0.15, 0.2) is 0 Å². The first-order valence-corrected chi connectivity index (χ1v) is 15.1. The Kier molecular flexibility index (Phi) is 3.31. The molecule has 3 saturated heterocycles. The summed E-state index contributed by atoms with van der Waals surface area (Å²) in [6.07, 6.45) is 0. The third-order valence-corrected chi connectivity index (χ3v) is 31.5. The van der Waals surface area contributed by atoms with Crippen LogP contribution in [-0.4, -0.2) is 19.5 Å². The highest BCUT2D eigenvalue weighted by Gasteiger charge is 3.12. The molecule has 136 valence electrons. The van der Waals surface area contributed by atoms with Gasteiger partial charge in [0.05, 0.1) is 4.64 Å². The Balaban J connectivity index is 1.99. The van der Waals surface area contributed by atoms with Gasteiger partial charge in [-0.05, 0) is 42.2 Å². The molecular formula is C20H36P4. The highest BCUT2D eigenvalue weighted by molar-refractivity contribution is 8.51. The molecule has 0 spiro atoms. The minimum Gasteiger partial charge on any atom is -0.0690 e. The fraction of sp³-hybridized carbons (Fsp3) is 0.950. The van der Waals surface area contributed by atoms with Gasteiger partial charge in [-0.25, -0.2) is 0 Å². The summed E-state index contributed by atoms with van der Waals surface area (Å²) in [5.74, 6) is 0. The van der Waals surface area contributed by atoms with Crippen LogP contribution in [0.4, 0.5) is 0 Å². The van der Waals surface area contributed by atoms with Crippen molar-refractivity contribution >= 4 is 36.4 Å². The van der Waals surface area contributed by atoms with E-state index in [-0.39, 0.29) is 23.5 Å². The largest absolute Gasteiger partial charge is 0.0690 e. The number of rotatable bonds is 0. The zero-order chi connectivity index (χ0) is 18.5. The lowest BCUT2D eigenvalue weighted by Gasteiger charge is -2.65. The van der Waals surface area contributed by atoms with Crippen molar-refractivity contribution in [1.82, 2.24) is 0 Å². The fourth-order valence-electron chi connectivity index (χ4n) is 6.36. The minimum atomic E-state index is 0.0572. The molecule has 0 saturated carbocycles. The van der Waals surface area contributed by atoms with E-state index < -0.39 is 0 Å². The van der Waals surface area contributed by atoms with E-state index in [0.717, 1.165) is 14.4 Å². The maximum absolute atomic E-state index is 2.60. The van der Waals surface area contributed by atoms with E-state index in [1.807, 2.05) is 12.9 Å². The molecule has 4 rings (SSSR count). The molecule has 4 aliphatic heterocycles. The van der Waals surface area contributed by atoms with Gasteiger partial charge < -0.3 is 0 Å². The average molecular weight is 400 g/mol. The van der Waals surface area contributed by atoms with Crippen LogP contribution < -0.4 is 0 Å². The zero-order valence-corrected chi connectivity index (χ0v) is 21.4. The molecule has 0 aromatic rings. The summed E-state index contributed by atoms with van der Waals surface area (Å²) in [6.45, 7) is 30.9. The summed E-state index contributed by atoms with van der Waals surface area (Å²) in [6, 6.07) is 0. The van der Waals surface area contributed by atoms with Gasteiger partial charge in [-0.2, -0.15) is 0 Å². The Bertz CT molecular complexity index is 666. The van der Waals surface area contributed by atoms with Crippen LogP contribution in [0, 0.1) is 21.7 Å². The van der Waals surface area contributed by atoms with Crippen LogP contribution in [0.25, 0.3) is 0 Å². The Morgan fingerprint density at radius 1 is 0.667 bits per heavy atom. The van der Waals surface area contributed by atoms with Gasteiger partial charge in [-0.1, -0.05) is 98.9 Å². The van der Waals surface area contributed by atoms with E-state index in [4.69, 9.17) is 0 Å². The predicted octanol–water partition coefficient (Wildman–Crippen LogP) is 8.71. The highest BCUT2D eigenvalue weighted by atomic mass is 32.0. The molecule has 0 radical (unpaired) electrons. The van der Waals surface area contributed by atoms with Crippen LogP contribution in [0.5, 0.6) is 0 Å². The summed E-state index contributed by atoms with van der Waals surface area (Å²) < 4.78 is 0.776. The number of hydrogen-bond acceptors (Lipinski definition) is 0. The number of hydrogen-bond donors (Lipinski definition) is 0. The molecule has 3 fully saturated rings. The van der Waals surface area contributed by atoms with Crippen LogP contribution >= 0.6 is 31.3 Å². The topological polar surface area (TPSA) is 0 Å². The maximum atomic E-state index is 2.60. The molecule has 2 unspecified atom stereocenters. The van der Waals surface area contributed by atoms with E-state index in [1.54, 1.807) is 0 Å². The zero-order valence-electron chi connectivity index (χ0n) is 17.8. The van der Waals surface area contributed by atoms with Crippen LogP contribution in [0.15, 0.2) is 0 Å². The summed E-state index contributed by atoms with van der Waals surface area (Å²) in [5.41, 5.74) is 1.90. The monoisotopic (exact) mass is 400 g/mol. The molecule has 0 aliphatic carbocycles. The van der Waals surface area contributed by atoms with Crippen LogP contribution in [-0.2, 0) is 0 Å². The minimum absolute atomic E-state index is 0.0572. The quantitative estimate of drug-likeness (QED) is 0.357. The molecule has 4 heteroatoms. The molecule has 0 nitrogen and oxygen atoms in total. The van der Waals surface area contributed by atoms with Gasteiger partial charge in [-0.3, -0.25) is 0 Å². The fourth-order valence-corrected chi connectivity index (χ4v) is 42.2. The van der Waals surface area contributed by atoms with Crippen molar-refractivity contribution in [2.24, 2.45) is 21.7 Å². The third-order valence-electron chi connectivity index (χ3n) is 6.81. The lowest BCUT2D eigenvalue weighted by molar-refractivity contribution is 0.295. The van der Waals surface area contributed by atoms with Crippen molar-refractivity contribution in [2.45, 2.75) is 97.5 Å². The Morgan fingerprint density at radius 3 is 1.46 bits per heavy atom. The summed E-state index contributed by atoms with van der Waals surface area (Å²) in [5, 5.41) is 2.00. The van der Waals surface area contributed by atoms with E-state index >= 15 is 0 Å². The Morgan fingerprint density at radius 2 is 1.12 bits per heavy atom. The third kappa shape index (κ3) is 1.41. The molecular weight excluding hydrogens is 364 g/mol. The molecule has 0 bridgehead atoms. The second kappa shape index (κ2) is 4.22. The summed E-state index contributed by atoms with van der Waals surface area (Å²) >= 11 is 0. The summed E-state index contributed by atoms with van der Waals surface area (Å²) in [7, 11) is 2.23. The van der Waals surface area contributed by atoms with Crippen molar-refractivity contribution < 1.29 is 0 Å². The van der Waals surface area contributed by atoms with Gasteiger partial charge >= 0.3 is 0 Å². The van der Waals surface area contributed by atoms with Crippen molar-refractivity contribution in [3.05, 3.63) is 0 Å². The smallest absolute Gasteiger partial charge is 0.0504 e. The van der Waals surface area contributed by atoms with E-state index in [2.05, 4.69) is 83.1 Å². The first-order valence-electron chi connectivity index (χ1n) is 9.46. The van der Waals surface area contributed by atoms with Gasteiger partial charge in [0.25, 0.3) is 0 Å². The normalized spacial score (nSPS) is 49.8. The van der Waals surface area contributed by atoms with E-state index in [9.17, 15) is 0 Å². The van der Waals surface area contributed by atoms with Crippen molar-refractivity contribution in [3.8, 4) is 0 Å². The standard InChI is InChI=1S/C20H36P4/c1-14(2,3)13-21-24-19(16(7,8)9)18(15(4,5)6)22(13)20(24,23(18)19)17(10,11)12/h1-12H3/t18?,19-,20+,22-,23?,24+/m1/s1. The van der Waals surface area contributed by atoms with Crippen molar-refractivity contribution in [3.63, 3.8) is 0 Å².